The number of aromatic nitrogens is 2. The SMILES string of the molecule is Cc1ncc(C(=O)NCCN2CCc3ccccc32)c(C)n1. The number of hydrogen-bond acceptors (Lipinski definition) is 4. The molecule has 1 amide bonds. The van der Waals surface area contributed by atoms with E-state index in [-0.39, 0.29) is 5.91 Å². The molecule has 114 valence electrons. The summed E-state index contributed by atoms with van der Waals surface area (Å²) in [6, 6.07) is 8.44. The lowest BCUT2D eigenvalue weighted by Crippen LogP contribution is -2.34. The molecule has 0 saturated carbocycles. The number of benzene rings is 1. The second kappa shape index (κ2) is 6.13. The lowest BCUT2D eigenvalue weighted by molar-refractivity contribution is 0.0953. The smallest absolute Gasteiger partial charge is 0.254 e. The Morgan fingerprint density at radius 1 is 1.32 bits per heavy atom. The van der Waals surface area contributed by atoms with Crippen LogP contribution >= 0.6 is 0 Å². The predicted octanol–water partition coefficient (Wildman–Crippen LogP) is 1.89. The van der Waals surface area contributed by atoms with Crippen molar-refractivity contribution >= 4 is 11.6 Å². The van der Waals surface area contributed by atoms with Crippen molar-refractivity contribution in [1.82, 2.24) is 15.3 Å². The molecular weight excluding hydrogens is 276 g/mol. The van der Waals surface area contributed by atoms with Crippen molar-refractivity contribution in [3.05, 3.63) is 53.1 Å². The maximum absolute atomic E-state index is 12.2. The predicted molar refractivity (Wildman–Crippen MR) is 86.2 cm³/mol. The number of carbonyl (C=O) groups excluding carboxylic acids is 1. The zero-order valence-electron chi connectivity index (χ0n) is 13.0. The van der Waals surface area contributed by atoms with E-state index < -0.39 is 0 Å². The molecule has 0 atom stereocenters. The van der Waals surface area contributed by atoms with Gasteiger partial charge in [0.1, 0.15) is 5.82 Å². The van der Waals surface area contributed by atoms with Gasteiger partial charge in [0.15, 0.2) is 0 Å². The molecule has 1 aliphatic heterocycles. The van der Waals surface area contributed by atoms with Gasteiger partial charge in [-0.2, -0.15) is 0 Å². The largest absolute Gasteiger partial charge is 0.369 e. The fourth-order valence-corrected chi connectivity index (χ4v) is 2.84. The molecule has 2 aromatic rings. The number of anilines is 1. The van der Waals surface area contributed by atoms with Crippen molar-refractivity contribution in [3.63, 3.8) is 0 Å². The first-order valence-electron chi connectivity index (χ1n) is 7.56. The van der Waals surface area contributed by atoms with Gasteiger partial charge in [-0.1, -0.05) is 18.2 Å². The summed E-state index contributed by atoms with van der Waals surface area (Å²) >= 11 is 0. The number of aryl methyl sites for hydroxylation is 2. The third-order valence-corrected chi connectivity index (χ3v) is 4.00. The van der Waals surface area contributed by atoms with Gasteiger partial charge in [0.05, 0.1) is 11.3 Å². The van der Waals surface area contributed by atoms with Crippen LogP contribution in [0.5, 0.6) is 0 Å². The standard InChI is InChI=1S/C17H20N4O/c1-12-15(11-19-13(2)20-12)17(22)18-8-10-21-9-7-14-5-3-4-6-16(14)21/h3-6,11H,7-10H2,1-2H3,(H,18,22). The van der Waals surface area contributed by atoms with Crippen molar-refractivity contribution < 1.29 is 4.79 Å². The zero-order chi connectivity index (χ0) is 15.5. The summed E-state index contributed by atoms with van der Waals surface area (Å²) in [5.41, 5.74) is 3.94. The molecule has 5 nitrogen and oxygen atoms in total. The normalized spacial score (nSPS) is 13.1. The van der Waals surface area contributed by atoms with Crippen LogP contribution in [-0.2, 0) is 6.42 Å². The highest BCUT2D eigenvalue weighted by molar-refractivity contribution is 5.94. The average molecular weight is 296 g/mol. The lowest BCUT2D eigenvalue weighted by Gasteiger charge is -2.19. The number of hydrogen-bond donors (Lipinski definition) is 1. The zero-order valence-corrected chi connectivity index (χ0v) is 13.0. The van der Waals surface area contributed by atoms with E-state index in [2.05, 4.69) is 44.5 Å². The van der Waals surface area contributed by atoms with Gasteiger partial charge < -0.3 is 10.2 Å². The van der Waals surface area contributed by atoms with Gasteiger partial charge in [-0.3, -0.25) is 4.79 Å². The second-order valence-corrected chi connectivity index (χ2v) is 5.54. The van der Waals surface area contributed by atoms with Crippen molar-refractivity contribution in [3.8, 4) is 0 Å². The summed E-state index contributed by atoms with van der Waals surface area (Å²) < 4.78 is 0. The quantitative estimate of drug-likeness (QED) is 0.936. The van der Waals surface area contributed by atoms with E-state index in [9.17, 15) is 4.79 Å². The second-order valence-electron chi connectivity index (χ2n) is 5.54. The first kappa shape index (κ1) is 14.5. The molecule has 5 heteroatoms. The summed E-state index contributed by atoms with van der Waals surface area (Å²) in [6.45, 7) is 6.09. The number of nitrogens with one attached hydrogen (secondary N) is 1. The summed E-state index contributed by atoms with van der Waals surface area (Å²) in [5.74, 6) is 0.577. The van der Waals surface area contributed by atoms with Crippen molar-refractivity contribution in [1.29, 1.82) is 0 Å². The fourth-order valence-electron chi connectivity index (χ4n) is 2.84. The molecule has 0 bridgehead atoms. The van der Waals surface area contributed by atoms with Crippen molar-refractivity contribution in [2.75, 3.05) is 24.5 Å². The molecule has 0 spiro atoms. The van der Waals surface area contributed by atoms with E-state index in [1.54, 1.807) is 6.20 Å². The first-order chi connectivity index (χ1) is 10.6. The van der Waals surface area contributed by atoms with E-state index in [0.29, 0.717) is 17.9 Å². The topological polar surface area (TPSA) is 58.1 Å². The molecule has 1 N–H and O–H groups in total. The third kappa shape index (κ3) is 2.93. The average Bonchev–Trinajstić information content (AvgIpc) is 2.90. The maximum Gasteiger partial charge on any atom is 0.254 e. The van der Waals surface area contributed by atoms with Gasteiger partial charge in [-0.25, -0.2) is 9.97 Å². The van der Waals surface area contributed by atoms with Crippen LogP contribution in [0.2, 0.25) is 0 Å². The van der Waals surface area contributed by atoms with E-state index in [0.717, 1.165) is 25.2 Å². The highest BCUT2D eigenvalue weighted by Gasteiger charge is 2.18. The Labute approximate surface area is 130 Å². The van der Waals surface area contributed by atoms with Crippen LogP contribution in [-0.4, -0.2) is 35.5 Å². The van der Waals surface area contributed by atoms with Gasteiger partial charge in [-0.15, -0.1) is 0 Å². The molecule has 0 radical (unpaired) electrons. The first-order valence-corrected chi connectivity index (χ1v) is 7.56. The Balaban J connectivity index is 1.56. The van der Waals surface area contributed by atoms with Crippen molar-refractivity contribution in [2.45, 2.75) is 20.3 Å². The van der Waals surface area contributed by atoms with Crippen molar-refractivity contribution in [2.24, 2.45) is 0 Å². The fraction of sp³-hybridized carbons (Fsp3) is 0.353. The summed E-state index contributed by atoms with van der Waals surface area (Å²) in [4.78, 5) is 22.8. The number of nitrogens with zero attached hydrogens (tertiary/aromatic N) is 3. The molecule has 0 unspecified atom stereocenters. The maximum atomic E-state index is 12.2. The molecule has 0 fully saturated rings. The van der Waals surface area contributed by atoms with E-state index in [1.807, 2.05) is 13.8 Å². The molecular formula is C17H20N4O. The third-order valence-electron chi connectivity index (χ3n) is 4.00. The molecule has 1 aromatic heterocycles. The highest BCUT2D eigenvalue weighted by Crippen LogP contribution is 2.26. The minimum atomic E-state index is -0.106. The van der Waals surface area contributed by atoms with Crippen LogP contribution in [0.4, 0.5) is 5.69 Å². The summed E-state index contributed by atoms with van der Waals surface area (Å²) in [5, 5.41) is 2.96. The summed E-state index contributed by atoms with van der Waals surface area (Å²) in [7, 11) is 0. The summed E-state index contributed by atoms with van der Waals surface area (Å²) in [6.07, 6.45) is 2.67. The number of carbonyl (C=O) groups is 1. The monoisotopic (exact) mass is 296 g/mol. The Hall–Kier alpha value is -2.43. The Kier molecular flexibility index (Phi) is 4.04. The van der Waals surface area contributed by atoms with Gasteiger partial charge >= 0.3 is 0 Å². The Morgan fingerprint density at radius 3 is 2.95 bits per heavy atom. The van der Waals surface area contributed by atoms with Crippen LogP contribution < -0.4 is 10.2 Å². The van der Waals surface area contributed by atoms with Gasteiger partial charge in [0.2, 0.25) is 0 Å². The van der Waals surface area contributed by atoms with Crippen LogP contribution in [0.3, 0.4) is 0 Å². The Morgan fingerprint density at radius 2 is 2.14 bits per heavy atom. The van der Waals surface area contributed by atoms with Gasteiger partial charge in [0.25, 0.3) is 5.91 Å². The van der Waals surface area contributed by atoms with Crippen LogP contribution in [0.25, 0.3) is 0 Å². The minimum Gasteiger partial charge on any atom is -0.369 e. The van der Waals surface area contributed by atoms with E-state index in [1.165, 1.54) is 11.3 Å². The number of fused-ring (bicyclic) bond motifs is 1. The molecule has 1 aromatic carbocycles. The molecule has 1 aliphatic rings. The molecule has 0 saturated heterocycles. The van der Waals surface area contributed by atoms with Crippen LogP contribution in [0.1, 0.15) is 27.4 Å². The molecule has 0 aliphatic carbocycles. The van der Waals surface area contributed by atoms with E-state index in [4.69, 9.17) is 0 Å². The highest BCUT2D eigenvalue weighted by atomic mass is 16.1. The Bertz CT molecular complexity index is 699. The van der Waals surface area contributed by atoms with Crippen LogP contribution in [0, 0.1) is 13.8 Å². The number of para-hydroxylation sites is 1. The number of amides is 1. The minimum absolute atomic E-state index is 0.106. The molecule has 22 heavy (non-hydrogen) atoms. The van der Waals surface area contributed by atoms with E-state index >= 15 is 0 Å². The lowest BCUT2D eigenvalue weighted by atomic mass is 10.2. The molecule has 3 rings (SSSR count). The van der Waals surface area contributed by atoms with Gasteiger partial charge in [0, 0.05) is 31.5 Å². The molecule has 2 heterocycles. The number of rotatable bonds is 4. The van der Waals surface area contributed by atoms with Crippen LogP contribution in [0.15, 0.2) is 30.5 Å². The van der Waals surface area contributed by atoms with Gasteiger partial charge in [-0.05, 0) is 31.9 Å².